The molecule has 3 rings (SSSR count). The number of nitrogens with one attached hydrogen (secondary N) is 2. The van der Waals surface area contributed by atoms with Crippen molar-refractivity contribution in [2.24, 2.45) is 5.73 Å². The van der Waals surface area contributed by atoms with Gasteiger partial charge < -0.3 is 16.0 Å². The molecule has 0 fully saturated rings. The van der Waals surface area contributed by atoms with Crippen LogP contribution in [0.5, 0.6) is 0 Å². The van der Waals surface area contributed by atoms with Crippen molar-refractivity contribution in [2.75, 3.05) is 5.32 Å². The first-order valence-corrected chi connectivity index (χ1v) is 7.09. The minimum atomic E-state index is -0.568. The summed E-state index contributed by atoms with van der Waals surface area (Å²) < 4.78 is 0. The molecule has 4 N–H and O–H groups in total. The van der Waals surface area contributed by atoms with Gasteiger partial charge >= 0.3 is 0 Å². The van der Waals surface area contributed by atoms with Crippen LogP contribution < -0.4 is 16.6 Å². The third-order valence-electron chi connectivity index (χ3n) is 3.45. The van der Waals surface area contributed by atoms with Crippen LogP contribution in [0.4, 0.5) is 11.4 Å². The second-order valence-electron chi connectivity index (χ2n) is 5.03. The lowest BCUT2D eigenvalue weighted by atomic mass is 10.0. The Morgan fingerprint density at radius 2 is 1.61 bits per heavy atom. The number of aromatic amines is 1. The maximum Gasteiger partial charge on any atom is 0.255 e. The number of pyridine rings is 1. The first-order valence-electron chi connectivity index (χ1n) is 7.09. The molecule has 0 saturated heterocycles. The molecule has 5 nitrogen and oxygen atoms in total. The van der Waals surface area contributed by atoms with Crippen LogP contribution in [0, 0.1) is 0 Å². The molecule has 2 aromatic carbocycles. The van der Waals surface area contributed by atoms with E-state index in [1.165, 1.54) is 0 Å². The van der Waals surface area contributed by atoms with Crippen LogP contribution in [0.2, 0.25) is 0 Å². The highest BCUT2D eigenvalue weighted by molar-refractivity contribution is 5.99. The molecule has 1 heterocycles. The molecule has 0 aliphatic rings. The highest BCUT2D eigenvalue weighted by atomic mass is 16.1. The largest absolute Gasteiger partial charge is 0.366 e. The van der Waals surface area contributed by atoms with Gasteiger partial charge in [-0.15, -0.1) is 0 Å². The third kappa shape index (κ3) is 3.13. The molecule has 114 valence electrons. The van der Waals surface area contributed by atoms with Crippen molar-refractivity contribution in [3.05, 3.63) is 82.8 Å². The van der Waals surface area contributed by atoms with Gasteiger partial charge in [0, 0.05) is 23.0 Å². The van der Waals surface area contributed by atoms with Crippen molar-refractivity contribution >= 4 is 17.3 Å². The Balaban J connectivity index is 2.05. The molecule has 0 bridgehead atoms. The van der Waals surface area contributed by atoms with Gasteiger partial charge in [0.05, 0.1) is 5.69 Å². The lowest BCUT2D eigenvalue weighted by Gasteiger charge is -2.10. The summed E-state index contributed by atoms with van der Waals surface area (Å²) >= 11 is 0. The SMILES string of the molecule is NC(=O)c1ccccc1-c1cc(Nc2ccccc2)c[nH]c1=O. The lowest BCUT2D eigenvalue weighted by Crippen LogP contribution is -2.15. The quantitative estimate of drug-likeness (QED) is 0.692. The number of para-hydroxylation sites is 1. The second-order valence-corrected chi connectivity index (χ2v) is 5.03. The lowest BCUT2D eigenvalue weighted by molar-refractivity contribution is 0.100. The minimum absolute atomic E-state index is 0.280. The minimum Gasteiger partial charge on any atom is -0.366 e. The second kappa shape index (κ2) is 6.19. The number of aromatic nitrogens is 1. The average molecular weight is 305 g/mol. The number of rotatable bonds is 4. The van der Waals surface area contributed by atoms with Gasteiger partial charge in [-0.1, -0.05) is 36.4 Å². The Bertz CT molecular complexity index is 901. The van der Waals surface area contributed by atoms with E-state index in [0.717, 1.165) is 5.69 Å². The predicted octanol–water partition coefficient (Wildman–Crippen LogP) is 2.88. The van der Waals surface area contributed by atoms with E-state index in [-0.39, 0.29) is 5.56 Å². The Kier molecular flexibility index (Phi) is 3.93. The van der Waals surface area contributed by atoms with Crippen molar-refractivity contribution in [2.45, 2.75) is 0 Å². The van der Waals surface area contributed by atoms with Gasteiger partial charge in [0.1, 0.15) is 0 Å². The number of nitrogens with two attached hydrogens (primary N) is 1. The van der Waals surface area contributed by atoms with E-state index in [0.29, 0.717) is 22.4 Å². The van der Waals surface area contributed by atoms with Gasteiger partial charge in [-0.05, 0) is 29.8 Å². The van der Waals surface area contributed by atoms with Crippen LogP contribution in [-0.2, 0) is 0 Å². The fourth-order valence-electron chi connectivity index (χ4n) is 2.38. The van der Waals surface area contributed by atoms with Crippen molar-refractivity contribution in [1.29, 1.82) is 0 Å². The maximum absolute atomic E-state index is 12.2. The summed E-state index contributed by atoms with van der Waals surface area (Å²) in [7, 11) is 0. The Morgan fingerprint density at radius 1 is 0.913 bits per heavy atom. The first kappa shape index (κ1) is 14.6. The topological polar surface area (TPSA) is 88.0 Å². The fraction of sp³-hybridized carbons (Fsp3) is 0. The number of anilines is 2. The number of carbonyl (C=O) groups excluding carboxylic acids is 1. The predicted molar refractivity (Wildman–Crippen MR) is 90.7 cm³/mol. The summed E-state index contributed by atoms with van der Waals surface area (Å²) in [5.74, 6) is -0.568. The molecule has 1 amide bonds. The van der Waals surface area contributed by atoms with Crippen molar-refractivity contribution in [1.82, 2.24) is 4.98 Å². The van der Waals surface area contributed by atoms with E-state index in [4.69, 9.17) is 5.73 Å². The highest BCUT2D eigenvalue weighted by Crippen LogP contribution is 2.23. The molecule has 0 saturated carbocycles. The summed E-state index contributed by atoms with van der Waals surface area (Å²) in [6.07, 6.45) is 1.59. The van der Waals surface area contributed by atoms with Crippen LogP contribution in [0.25, 0.3) is 11.1 Å². The van der Waals surface area contributed by atoms with Gasteiger partial charge in [0.2, 0.25) is 5.91 Å². The number of hydrogen-bond donors (Lipinski definition) is 3. The Morgan fingerprint density at radius 3 is 2.35 bits per heavy atom. The molecule has 23 heavy (non-hydrogen) atoms. The van der Waals surface area contributed by atoms with Crippen LogP contribution >= 0.6 is 0 Å². The van der Waals surface area contributed by atoms with E-state index in [2.05, 4.69) is 10.3 Å². The molecule has 0 aliphatic heterocycles. The average Bonchev–Trinajstić information content (AvgIpc) is 2.57. The highest BCUT2D eigenvalue weighted by Gasteiger charge is 2.12. The van der Waals surface area contributed by atoms with Crippen molar-refractivity contribution in [3.63, 3.8) is 0 Å². The molecule has 0 atom stereocenters. The van der Waals surface area contributed by atoms with Crippen LogP contribution in [0.15, 0.2) is 71.7 Å². The van der Waals surface area contributed by atoms with E-state index >= 15 is 0 Å². The summed E-state index contributed by atoms with van der Waals surface area (Å²) in [6, 6.07) is 18.1. The van der Waals surface area contributed by atoms with Crippen LogP contribution in [-0.4, -0.2) is 10.9 Å². The maximum atomic E-state index is 12.2. The summed E-state index contributed by atoms with van der Waals surface area (Å²) in [5, 5.41) is 3.20. The van der Waals surface area contributed by atoms with Gasteiger partial charge in [-0.2, -0.15) is 0 Å². The Hall–Kier alpha value is -3.34. The monoisotopic (exact) mass is 305 g/mol. The number of primary amides is 1. The summed E-state index contributed by atoms with van der Waals surface area (Å²) in [4.78, 5) is 26.4. The van der Waals surface area contributed by atoms with Crippen LogP contribution in [0.3, 0.4) is 0 Å². The summed E-state index contributed by atoms with van der Waals surface area (Å²) in [6.45, 7) is 0. The van der Waals surface area contributed by atoms with Crippen LogP contribution in [0.1, 0.15) is 10.4 Å². The van der Waals surface area contributed by atoms with Gasteiger partial charge in [-0.25, -0.2) is 0 Å². The van der Waals surface area contributed by atoms with Gasteiger partial charge in [-0.3, -0.25) is 9.59 Å². The molecule has 0 spiro atoms. The fourth-order valence-corrected chi connectivity index (χ4v) is 2.38. The number of H-pyrrole nitrogens is 1. The van der Waals surface area contributed by atoms with Gasteiger partial charge in [0.15, 0.2) is 0 Å². The van der Waals surface area contributed by atoms with E-state index in [1.54, 1.807) is 36.5 Å². The van der Waals surface area contributed by atoms with Crippen molar-refractivity contribution in [3.8, 4) is 11.1 Å². The van der Waals surface area contributed by atoms with E-state index in [9.17, 15) is 9.59 Å². The zero-order valence-corrected chi connectivity index (χ0v) is 12.2. The molecule has 1 aromatic heterocycles. The molecule has 3 aromatic rings. The van der Waals surface area contributed by atoms with Gasteiger partial charge in [0.25, 0.3) is 5.56 Å². The molecule has 5 heteroatoms. The van der Waals surface area contributed by atoms with Crippen molar-refractivity contribution < 1.29 is 4.79 Å². The number of benzene rings is 2. The summed E-state index contributed by atoms with van der Waals surface area (Å²) in [5.41, 5.74) is 7.94. The molecule has 0 radical (unpaired) electrons. The Labute approximate surface area is 132 Å². The zero-order valence-electron chi connectivity index (χ0n) is 12.2. The van der Waals surface area contributed by atoms with E-state index < -0.39 is 5.91 Å². The number of amides is 1. The smallest absolute Gasteiger partial charge is 0.255 e. The molecular weight excluding hydrogens is 290 g/mol. The third-order valence-corrected chi connectivity index (χ3v) is 3.45. The number of carbonyl (C=O) groups is 1. The molecule has 0 unspecified atom stereocenters. The normalized spacial score (nSPS) is 10.3. The zero-order chi connectivity index (χ0) is 16.2. The number of hydrogen-bond acceptors (Lipinski definition) is 3. The first-order chi connectivity index (χ1) is 11.1. The standard InChI is InChI=1S/C18H15N3O2/c19-17(22)15-9-5-4-8-14(15)16-10-13(11-20-18(16)23)21-12-6-2-1-3-7-12/h1-11,21H,(H2,19,22)(H,20,23). The molecule has 0 aliphatic carbocycles. The van der Waals surface area contributed by atoms with E-state index in [1.807, 2.05) is 30.3 Å². The molecular formula is C18H15N3O2.